The summed E-state index contributed by atoms with van der Waals surface area (Å²) < 4.78 is 0. The van der Waals surface area contributed by atoms with E-state index in [9.17, 15) is 0 Å². The van der Waals surface area contributed by atoms with E-state index < -0.39 is 0 Å². The molecule has 0 unspecified atom stereocenters. The van der Waals surface area contributed by atoms with Crippen molar-refractivity contribution >= 4 is 0 Å². The molecule has 0 aliphatic carbocycles. The number of hydrogen-bond acceptors (Lipinski definition) is 2. The van der Waals surface area contributed by atoms with Gasteiger partial charge in [-0.3, -0.25) is 9.80 Å². The van der Waals surface area contributed by atoms with Crippen LogP contribution in [0.5, 0.6) is 0 Å². The van der Waals surface area contributed by atoms with E-state index in [2.05, 4.69) is 37.5 Å². The first-order chi connectivity index (χ1) is 5.98. The number of likely N-dealkylation sites (N-methyl/N-ethyl adjacent to an activating group) is 1. The molecular formula is C11H22N2. The molecule has 2 aliphatic rings. The maximum Gasteiger partial charge on any atom is 0.0475 e. The minimum atomic E-state index is 0.375. The fourth-order valence-electron chi connectivity index (χ4n) is 2.58. The molecule has 0 N–H and O–H groups in total. The van der Waals surface area contributed by atoms with Crippen LogP contribution >= 0.6 is 0 Å². The molecule has 2 heterocycles. The van der Waals surface area contributed by atoms with Gasteiger partial charge in [-0.05, 0) is 33.7 Å². The zero-order chi connectivity index (χ0) is 9.69. The lowest BCUT2D eigenvalue weighted by Crippen LogP contribution is -2.78. The lowest BCUT2D eigenvalue weighted by molar-refractivity contribution is -0.148. The van der Waals surface area contributed by atoms with Gasteiger partial charge in [-0.2, -0.15) is 0 Å². The Morgan fingerprint density at radius 2 is 1.85 bits per heavy atom. The molecule has 0 atom stereocenters. The van der Waals surface area contributed by atoms with Gasteiger partial charge in [0, 0.05) is 30.7 Å². The van der Waals surface area contributed by atoms with E-state index >= 15 is 0 Å². The Balaban J connectivity index is 1.90. The monoisotopic (exact) mass is 182 g/mol. The first kappa shape index (κ1) is 9.47. The van der Waals surface area contributed by atoms with Crippen LogP contribution in [-0.4, -0.2) is 47.1 Å². The molecule has 0 saturated carbocycles. The van der Waals surface area contributed by atoms with Gasteiger partial charge in [0.25, 0.3) is 0 Å². The van der Waals surface area contributed by atoms with Gasteiger partial charge in [-0.25, -0.2) is 0 Å². The maximum atomic E-state index is 2.63. The second kappa shape index (κ2) is 2.71. The molecule has 0 aromatic heterocycles. The van der Waals surface area contributed by atoms with Gasteiger partial charge in [0.05, 0.1) is 0 Å². The quantitative estimate of drug-likeness (QED) is 0.607. The highest BCUT2D eigenvalue weighted by atomic mass is 15.4. The van der Waals surface area contributed by atoms with Crippen LogP contribution in [0.2, 0.25) is 0 Å². The Hall–Kier alpha value is -0.0800. The Kier molecular flexibility index (Phi) is 1.97. The largest absolute Gasteiger partial charge is 0.295 e. The molecule has 13 heavy (non-hydrogen) atoms. The lowest BCUT2D eigenvalue weighted by Gasteiger charge is -2.65. The fraction of sp³-hybridized carbons (Fsp3) is 1.00. The second-order valence-electron chi connectivity index (χ2n) is 5.58. The van der Waals surface area contributed by atoms with Gasteiger partial charge in [0.1, 0.15) is 0 Å². The summed E-state index contributed by atoms with van der Waals surface area (Å²) in [5.41, 5.74) is 0.974. The van der Waals surface area contributed by atoms with Crippen molar-refractivity contribution in [2.45, 2.75) is 45.2 Å². The summed E-state index contributed by atoms with van der Waals surface area (Å²) in [6, 6.07) is 0. The summed E-state index contributed by atoms with van der Waals surface area (Å²) in [5.74, 6) is 0. The van der Waals surface area contributed by atoms with E-state index in [-0.39, 0.29) is 0 Å². The summed E-state index contributed by atoms with van der Waals surface area (Å²) in [7, 11) is 0. The van der Waals surface area contributed by atoms with Crippen LogP contribution in [0.25, 0.3) is 0 Å². The molecule has 76 valence electrons. The minimum absolute atomic E-state index is 0.375. The molecule has 0 radical (unpaired) electrons. The summed E-state index contributed by atoms with van der Waals surface area (Å²) in [6.07, 6.45) is 1.42. The highest BCUT2D eigenvalue weighted by Gasteiger charge is 2.54. The Morgan fingerprint density at radius 3 is 2.15 bits per heavy atom. The molecule has 1 spiro atoms. The summed E-state index contributed by atoms with van der Waals surface area (Å²) in [4.78, 5) is 5.23. The summed E-state index contributed by atoms with van der Waals surface area (Å²) in [6.45, 7) is 14.4. The Labute approximate surface area is 81.9 Å². The second-order valence-corrected chi connectivity index (χ2v) is 5.58. The molecule has 2 rings (SSSR count). The molecule has 2 aliphatic heterocycles. The van der Waals surface area contributed by atoms with Crippen molar-refractivity contribution in [3.63, 3.8) is 0 Å². The molecule has 2 nitrogen and oxygen atoms in total. The lowest BCUT2D eigenvalue weighted by atomic mass is 9.75. The fourth-order valence-corrected chi connectivity index (χ4v) is 2.58. The average molecular weight is 182 g/mol. The molecule has 0 amide bonds. The van der Waals surface area contributed by atoms with Crippen LogP contribution in [-0.2, 0) is 0 Å². The van der Waals surface area contributed by atoms with Crippen LogP contribution in [0.4, 0.5) is 0 Å². The van der Waals surface area contributed by atoms with Crippen LogP contribution < -0.4 is 0 Å². The smallest absolute Gasteiger partial charge is 0.0475 e. The van der Waals surface area contributed by atoms with Crippen LogP contribution in [0.1, 0.15) is 34.1 Å². The highest BCUT2D eigenvalue weighted by Crippen LogP contribution is 2.41. The Morgan fingerprint density at radius 1 is 1.23 bits per heavy atom. The van der Waals surface area contributed by atoms with E-state index in [1.54, 1.807) is 0 Å². The maximum absolute atomic E-state index is 2.63. The van der Waals surface area contributed by atoms with Gasteiger partial charge in [-0.15, -0.1) is 0 Å². The van der Waals surface area contributed by atoms with Crippen LogP contribution in [0.15, 0.2) is 0 Å². The predicted molar refractivity (Wildman–Crippen MR) is 55.9 cm³/mol. The van der Waals surface area contributed by atoms with Gasteiger partial charge in [0.2, 0.25) is 0 Å². The van der Waals surface area contributed by atoms with E-state index in [1.807, 2.05) is 0 Å². The van der Waals surface area contributed by atoms with Crippen LogP contribution in [0, 0.1) is 0 Å². The molecule has 2 saturated heterocycles. The van der Waals surface area contributed by atoms with Crippen molar-refractivity contribution in [2.75, 3.05) is 26.2 Å². The van der Waals surface area contributed by atoms with Crippen molar-refractivity contribution in [1.82, 2.24) is 9.80 Å². The number of rotatable bonds is 1. The van der Waals surface area contributed by atoms with Gasteiger partial charge >= 0.3 is 0 Å². The SMILES string of the molecule is CCN1CCC12CN(C(C)(C)C)C2. The summed E-state index contributed by atoms with van der Waals surface area (Å²) >= 11 is 0. The van der Waals surface area contributed by atoms with Crippen molar-refractivity contribution in [1.29, 1.82) is 0 Å². The number of nitrogens with zero attached hydrogens (tertiary/aromatic N) is 2. The normalized spacial score (nSPS) is 28.6. The molecule has 2 heteroatoms. The van der Waals surface area contributed by atoms with Gasteiger partial charge in [-0.1, -0.05) is 6.92 Å². The third kappa shape index (κ3) is 1.31. The molecule has 0 aromatic carbocycles. The minimum Gasteiger partial charge on any atom is -0.295 e. The van der Waals surface area contributed by atoms with Crippen molar-refractivity contribution in [2.24, 2.45) is 0 Å². The van der Waals surface area contributed by atoms with Crippen molar-refractivity contribution < 1.29 is 0 Å². The van der Waals surface area contributed by atoms with Gasteiger partial charge in [0.15, 0.2) is 0 Å². The number of likely N-dealkylation sites (tertiary alicyclic amines) is 2. The standard InChI is InChI=1S/C11H22N2/c1-5-12-7-6-11(12)8-13(9-11)10(2,3)4/h5-9H2,1-4H3. The Bertz CT molecular complexity index is 197. The number of hydrogen-bond donors (Lipinski definition) is 0. The van der Waals surface area contributed by atoms with Crippen molar-refractivity contribution in [3.8, 4) is 0 Å². The van der Waals surface area contributed by atoms with Gasteiger partial charge < -0.3 is 0 Å². The first-order valence-electron chi connectivity index (χ1n) is 5.48. The summed E-state index contributed by atoms with van der Waals surface area (Å²) in [5, 5.41) is 0. The third-order valence-corrected chi connectivity index (χ3v) is 3.82. The third-order valence-electron chi connectivity index (χ3n) is 3.82. The van der Waals surface area contributed by atoms with E-state index in [0.29, 0.717) is 11.1 Å². The topological polar surface area (TPSA) is 6.48 Å². The predicted octanol–water partition coefficient (Wildman–Crippen LogP) is 1.56. The van der Waals surface area contributed by atoms with Crippen molar-refractivity contribution in [3.05, 3.63) is 0 Å². The average Bonchev–Trinajstić information content (AvgIpc) is 1.78. The highest BCUT2D eigenvalue weighted by molar-refractivity contribution is 5.12. The van der Waals surface area contributed by atoms with E-state index in [0.717, 1.165) is 0 Å². The molecular weight excluding hydrogens is 160 g/mol. The van der Waals surface area contributed by atoms with Crippen LogP contribution in [0.3, 0.4) is 0 Å². The van der Waals surface area contributed by atoms with E-state index in [4.69, 9.17) is 0 Å². The first-order valence-corrected chi connectivity index (χ1v) is 5.48. The molecule has 0 aromatic rings. The molecule has 2 fully saturated rings. The zero-order valence-electron chi connectivity index (χ0n) is 9.43. The molecule has 0 bridgehead atoms. The van der Waals surface area contributed by atoms with E-state index in [1.165, 1.54) is 32.6 Å². The zero-order valence-corrected chi connectivity index (χ0v) is 9.43.